The Labute approximate surface area is 126 Å². The second-order valence-electron chi connectivity index (χ2n) is 4.98. The van der Waals surface area contributed by atoms with Crippen LogP contribution < -0.4 is 4.74 Å². The molecule has 3 rings (SSSR count). The van der Waals surface area contributed by atoms with Crippen LogP contribution in [0.15, 0.2) is 24.3 Å². The third-order valence-corrected chi connectivity index (χ3v) is 4.65. The minimum Gasteiger partial charge on any atom is -0.491 e. The molecule has 0 bridgehead atoms. The number of rotatable bonds is 1. The predicted molar refractivity (Wildman–Crippen MR) is 78.3 cm³/mol. The number of benzene rings is 1. The minimum atomic E-state index is -0.945. The number of carboxylic acids is 1. The second-order valence-corrected chi connectivity index (χ2v) is 5.98. The molecular weight excluding hydrogens is 292 g/mol. The molecule has 0 aliphatic carbocycles. The first-order valence-corrected chi connectivity index (χ1v) is 7.89. The van der Waals surface area contributed by atoms with Gasteiger partial charge in [0.1, 0.15) is 18.4 Å². The number of thioether (sulfide) groups is 1. The average Bonchev–Trinajstić information content (AvgIpc) is 2.87. The Bertz CT molecular complexity index is 566. The molecule has 1 aromatic carbocycles. The highest BCUT2D eigenvalue weighted by Gasteiger charge is 2.37. The van der Waals surface area contributed by atoms with E-state index in [9.17, 15) is 14.7 Å². The Hall–Kier alpha value is -1.89. The molecule has 0 saturated carbocycles. The minimum absolute atomic E-state index is 0.229. The van der Waals surface area contributed by atoms with Crippen LogP contribution in [0.5, 0.6) is 5.75 Å². The number of carbonyl (C=O) groups is 2. The first-order chi connectivity index (χ1) is 10.2. The van der Waals surface area contributed by atoms with Gasteiger partial charge in [-0.15, -0.1) is 11.8 Å². The summed E-state index contributed by atoms with van der Waals surface area (Å²) in [4.78, 5) is 26.9. The first-order valence-electron chi connectivity index (χ1n) is 6.73. The molecule has 1 saturated heterocycles. The average molecular weight is 308 g/mol. The summed E-state index contributed by atoms with van der Waals surface area (Å²) < 4.78 is 5.63. The molecule has 1 fully saturated rings. The van der Waals surface area contributed by atoms with E-state index in [4.69, 9.17) is 4.74 Å². The predicted octanol–water partition coefficient (Wildman–Crippen LogP) is 1.46. The molecule has 2 amide bonds. The lowest BCUT2D eigenvalue weighted by molar-refractivity contribution is -0.140. The lowest BCUT2D eigenvalue weighted by atomic mass is 10.2. The normalized spacial score (nSPS) is 21.4. The second kappa shape index (κ2) is 5.85. The van der Waals surface area contributed by atoms with E-state index >= 15 is 0 Å². The van der Waals surface area contributed by atoms with E-state index in [0.717, 1.165) is 11.3 Å². The van der Waals surface area contributed by atoms with E-state index in [-0.39, 0.29) is 6.03 Å². The third kappa shape index (κ3) is 2.78. The van der Waals surface area contributed by atoms with Crippen molar-refractivity contribution in [3.63, 3.8) is 0 Å². The molecule has 0 aromatic heterocycles. The van der Waals surface area contributed by atoms with Crippen molar-refractivity contribution in [3.05, 3.63) is 29.8 Å². The van der Waals surface area contributed by atoms with Crippen LogP contribution in [0.1, 0.15) is 5.56 Å². The van der Waals surface area contributed by atoms with Gasteiger partial charge in [-0.2, -0.15) is 0 Å². The standard InChI is InChI=1S/C14H16N2O4S/c17-13(18)11-8-21-9-16(11)14(19)15-5-6-20-12-4-2-1-3-10(12)7-15/h1-4,11H,5-9H2,(H,17,18). The zero-order valence-electron chi connectivity index (χ0n) is 11.4. The highest BCUT2D eigenvalue weighted by atomic mass is 32.2. The summed E-state index contributed by atoms with van der Waals surface area (Å²) in [6.07, 6.45) is 0. The number of ether oxygens (including phenoxy) is 1. The molecular formula is C14H16N2O4S. The van der Waals surface area contributed by atoms with E-state index in [1.165, 1.54) is 16.7 Å². The van der Waals surface area contributed by atoms with Crippen LogP contribution in [0.25, 0.3) is 0 Å². The topological polar surface area (TPSA) is 70.1 Å². The Morgan fingerprint density at radius 2 is 2.14 bits per heavy atom. The Morgan fingerprint density at radius 3 is 2.95 bits per heavy atom. The van der Waals surface area contributed by atoms with Gasteiger partial charge in [-0.1, -0.05) is 18.2 Å². The summed E-state index contributed by atoms with van der Waals surface area (Å²) in [5, 5.41) is 9.19. The first kappa shape index (κ1) is 14.1. The van der Waals surface area contributed by atoms with E-state index < -0.39 is 12.0 Å². The number of carboxylic acid groups (broad SMARTS) is 1. The summed E-state index contributed by atoms with van der Waals surface area (Å²) in [6, 6.07) is 6.65. The van der Waals surface area contributed by atoms with Crippen molar-refractivity contribution < 1.29 is 19.4 Å². The van der Waals surface area contributed by atoms with Crippen LogP contribution in [0, 0.1) is 0 Å². The number of urea groups is 1. The number of hydrogen-bond acceptors (Lipinski definition) is 4. The Kier molecular flexibility index (Phi) is 3.92. The number of nitrogens with zero attached hydrogens (tertiary/aromatic N) is 2. The highest BCUT2D eigenvalue weighted by molar-refractivity contribution is 7.99. The fourth-order valence-electron chi connectivity index (χ4n) is 2.51. The van der Waals surface area contributed by atoms with Gasteiger partial charge in [-0.25, -0.2) is 9.59 Å². The molecule has 2 aliphatic rings. The summed E-state index contributed by atoms with van der Waals surface area (Å²) in [7, 11) is 0. The van der Waals surface area contributed by atoms with Gasteiger partial charge in [-0.3, -0.25) is 0 Å². The van der Waals surface area contributed by atoms with Crippen molar-refractivity contribution in [1.29, 1.82) is 0 Å². The number of fused-ring (bicyclic) bond motifs is 1. The SMILES string of the molecule is O=C(O)C1CSCN1C(=O)N1CCOc2ccccc2C1. The van der Waals surface area contributed by atoms with Crippen molar-refractivity contribution in [2.75, 3.05) is 24.8 Å². The summed E-state index contributed by atoms with van der Waals surface area (Å²) in [5.74, 6) is 0.717. The molecule has 7 heteroatoms. The Balaban J connectivity index is 1.77. The van der Waals surface area contributed by atoms with E-state index in [1.807, 2.05) is 24.3 Å². The number of amides is 2. The molecule has 1 aromatic rings. The van der Waals surface area contributed by atoms with Crippen LogP contribution in [0.2, 0.25) is 0 Å². The molecule has 112 valence electrons. The maximum atomic E-state index is 12.6. The molecule has 0 radical (unpaired) electrons. The van der Waals surface area contributed by atoms with Gasteiger partial charge in [0.15, 0.2) is 0 Å². The van der Waals surface area contributed by atoms with Crippen molar-refractivity contribution in [2.45, 2.75) is 12.6 Å². The maximum Gasteiger partial charge on any atom is 0.327 e. The number of hydrogen-bond donors (Lipinski definition) is 1. The van der Waals surface area contributed by atoms with Crippen molar-refractivity contribution >= 4 is 23.8 Å². The maximum absolute atomic E-state index is 12.6. The largest absolute Gasteiger partial charge is 0.491 e. The van der Waals surface area contributed by atoms with Crippen LogP contribution in [0.3, 0.4) is 0 Å². The van der Waals surface area contributed by atoms with E-state index in [2.05, 4.69) is 0 Å². The highest BCUT2D eigenvalue weighted by Crippen LogP contribution is 2.26. The lowest BCUT2D eigenvalue weighted by Crippen LogP contribution is -2.49. The fourth-order valence-corrected chi connectivity index (χ4v) is 3.64. The van der Waals surface area contributed by atoms with Crippen LogP contribution in [0.4, 0.5) is 4.79 Å². The van der Waals surface area contributed by atoms with Crippen LogP contribution >= 0.6 is 11.8 Å². The molecule has 1 N–H and O–H groups in total. The number of carbonyl (C=O) groups excluding carboxylic acids is 1. The van der Waals surface area contributed by atoms with Crippen molar-refractivity contribution in [3.8, 4) is 5.75 Å². The van der Waals surface area contributed by atoms with Crippen LogP contribution in [-0.4, -0.2) is 57.7 Å². The summed E-state index contributed by atoms with van der Waals surface area (Å²) in [6.45, 7) is 1.32. The molecule has 2 aliphatic heterocycles. The monoisotopic (exact) mass is 308 g/mol. The fraction of sp³-hybridized carbons (Fsp3) is 0.429. The van der Waals surface area contributed by atoms with Gasteiger partial charge >= 0.3 is 12.0 Å². The van der Waals surface area contributed by atoms with Gasteiger partial charge in [-0.05, 0) is 6.07 Å². The molecule has 0 spiro atoms. The third-order valence-electron chi connectivity index (χ3n) is 3.64. The summed E-state index contributed by atoms with van der Waals surface area (Å²) in [5.41, 5.74) is 0.946. The van der Waals surface area contributed by atoms with Gasteiger partial charge in [0.05, 0.1) is 19.0 Å². The molecule has 6 nitrogen and oxygen atoms in total. The number of para-hydroxylation sites is 1. The van der Waals surface area contributed by atoms with Gasteiger partial charge < -0.3 is 19.6 Å². The van der Waals surface area contributed by atoms with Crippen LogP contribution in [-0.2, 0) is 11.3 Å². The van der Waals surface area contributed by atoms with Gasteiger partial charge in [0.2, 0.25) is 0 Å². The van der Waals surface area contributed by atoms with Crippen molar-refractivity contribution in [1.82, 2.24) is 9.80 Å². The van der Waals surface area contributed by atoms with E-state index in [0.29, 0.717) is 31.3 Å². The number of aliphatic carboxylic acids is 1. The lowest BCUT2D eigenvalue weighted by Gasteiger charge is -2.28. The smallest absolute Gasteiger partial charge is 0.327 e. The molecule has 21 heavy (non-hydrogen) atoms. The van der Waals surface area contributed by atoms with Crippen molar-refractivity contribution in [2.24, 2.45) is 0 Å². The zero-order valence-corrected chi connectivity index (χ0v) is 12.2. The molecule has 1 unspecified atom stereocenters. The molecule has 1 atom stereocenters. The Morgan fingerprint density at radius 1 is 1.33 bits per heavy atom. The zero-order chi connectivity index (χ0) is 14.8. The molecule has 2 heterocycles. The van der Waals surface area contributed by atoms with E-state index in [1.54, 1.807) is 4.90 Å². The quantitative estimate of drug-likeness (QED) is 0.850. The van der Waals surface area contributed by atoms with Gasteiger partial charge in [0.25, 0.3) is 0 Å². The summed E-state index contributed by atoms with van der Waals surface area (Å²) >= 11 is 1.47. The van der Waals surface area contributed by atoms with Gasteiger partial charge in [0, 0.05) is 11.3 Å².